The van der Waals surface area contributed by atoms with Crippen LogP contribution < -0.4 is 14.8 Å². The SMILES string of the molecule is CCN1CCN(C(=O)C2(C(=O)NCc3ccc(OC)c(OC)c3)CC2)CC1. The summed E-state index contributed by atoms with van der Waals surface area (Å²) in [5.74, 6) is 1.09. The molecule has 7 heteroatoms. The van der Waals surface area contributed by atoms with Crippen molar-refractivity contribution in [3.8, 4) is 11.5 Å². The molecule has 2 fully saturated rings. The van der Waals surface area contributed by atoms with Crippen molar-refractivity contribution in [3.63, 3.8) is 0 Å². The number of nitrogens with zero attached hydrogens (tertiary/aromatic N) is 2. The van der Waals surface area contributed by atoms with Gasteiger partial charge in [0.15, 0.2) is 11.5 Å². The predicted molar refractivity (Wildman–Crippen MR) is 102 cm³/mol. The molecule has 1 aromatic rings. The molecule has 1 saturated carbocycles. The number of hydrogen-bond acceptors (Lipinski definition) is 5. The van der Waals surface area contributed by atoms with Crippen molar-refractivity contribution in [1.82, 2.24) is 15.1 Å². The summed E-state index contributed by atoms with van der Waals surface area (Å²) in [7, 11) is 3.17. The largest absolute Gasteiger partial charge is 0.493 e. The Bertz CT molecular complexity index is 694. The molecule has 0 spiro atoms. The Morgan fingerprint density at radius 3 is 2.30 bits per heavy atom. The predicted octanol–water partition coefficient (Wildman–Crippen LogP) is 1.26. The lowest BCUT2D eigenvalue weighted by atomic mass is 10.0. The fourth-order valence-electron chi connectivity index (χ4n) is 3.58. The van der Waals surface area contributed by atoms with E-state index in [1.54, 1.807) is 14.2 Å². The Hall–Kier alpha value is -2.28. The quantitative estimate of drug-likeness (QED) is 0.727. The third-order valence-electron chi connectivity index (χ3n) is 5.60. The molecule has 1 heterocycles. The van der Waals surface area contributed by atoms with E-state index in [0.717, 1.165) is 25.2 Å². The van der Waals surface area contributed by atoms with Gasteiger partial charge < -0.3 is 24.6 Å². The van der Waals surface area contributed by atoms with Crippen LogP contribution in [0.5, 0.6) is 11.5 Å². The van der Waals surface area contributed by atoms with Gasteiger partial charge in [-0.3, -0.25) is 9.59 Å². The summed E-state index contributed by atoms with van der Waals surface area (Å²) in [6.45, 7) is 6.66. The average Bonchev–Trinajstić information content (AvgIpc) is 3.53. The van der Waals surface area contributed by atoms with Crippen LogP contribution in [0.15, 0.2) is 18.2 Å². The zero-order valence-corrected chi connectivity index (χ0v) is 16.4. The van der Waals surface area contributed by atoms with Gasteiger partial charge >= 0.3 is 0 Å². The lowest BCUT2D eigenvalue weighted by Crippen LogP contribution is -2.53. The number of rotatable bonds is 7. The number of methoxy groups -OCH3 is 2. The van der Waals surface area contributed by atoms with Gasteiger partial charge in [-0.15, -0.1) is 0 Å². The maximum absolute atomic E-state index is 12.9. The number of hydrogen-bond donors (Lipinski definition) is 1. The Balaban J connectivity index is 1.58. The van der Waals surface area contributed by atoms with Crippen LogP contribution in [0.4, 0.5) is 0 Å². The molecule has 27 heavy (non-hydrogen) atoms. The highest BCUT2D eigenvalue weighted by Crippen LogP contribution is 2.47. The molecule has 0 bridgehead atoms. The highest BCUT2D eigenvalue weighted by atomic mass is 16.5. The van der Waals surface area contributed by atoms with E-state index in [1.807, 2.05) is 23.1 Å². The molecule has 7 nitrogen and oxygen atoms in total. The molecule has 1 saturated heterocycles. The fourth-order valence-corrected chi connectivity index (χ4v) is 3.58. The Kier molecular flexibility index (Phi) is 5.89. The molecule has 1 aromatic carbocycles. The second-order valence-electron chi connectivity index (χ2n) is 7.18. The van der Waals surface area contributed by atoms with Gasteiger partial charge in [-0.1, -0.05) is 13.0 Å². The third kappa shape index (κ3) is 4.03. The summed E-state index contributed by atoms with van der Waals surface area (Å²) >= 11 is 0. The van der Waals surface area contributed by atoms with Crippen LogP contribution in [0.1, 0.15) is 25.3 Å². The summed E-state index contributed by atoms with van der Waals surface area (Å²) in [4.78, 5) is 29.9. The normalized spacial score (nSPS) is 18.7. The van der Waals surface area contributed by atoms with Crippen LogP contribution in [0.2, 0.25) is 0 Å². The van der Waals surface area contributed by atoms with Gasteiger partial charge in [0.25, 0.3) is 0 Å². The number of carbonyl (C=O) groups excluding carboxylic acids is 2. The summed E-state index contributed by atoms with van der Waals surface area (Å²) in [6.07, 6.45) is 1.27. The smallest absolute Gasteiger partial charge is 0.238 e. The summed E-state index contributed by atoms with van der Waals surface area (Å²) in [6, 6.07) is 5.53. The van der Waals surface area contributed by atoms with E-state index >= 15 is 0 Å². The molecule has 0 aromatic heterocycles. The minimum atomic E-state index is -0.856. The van der Waals surface area contributed by atoms with Crippen molar-refractivity contribution in [2.45, 2.75) is 26.3 Å². The van der Waals surface area contributed by atoms with Crippen LogP contribution in [0, 0.1) is 5.41 Å². The number of benzene rings is 1. The topological polar surface area (TPSA) is 71.1 Å². The van der Waals surface area contributed by atoms with Crippen LogP contribution >= 0.6 is 0 Å². The lowest BCUT2D eigenvalue weighted by Gasteiger charge is -2.35. The molecule has 1 aliphatic heterocycles. The van der Waals surface area contributed by atoms with Crippen molar-refractivity contribution in [1.29, 1.82) is 0 Å². The first-order valence-corrected chi connectivity index (χ1v) is 9.55. The first-order valence-electron chi connectivity index (χ1n) is 9.55. The Morgan fingerprint density at radius 1 is 1.07 bits per heavy atom. The molecule has 2 amide bonds. The van der Waals surface area contributed by atoms with E-state index in [4.69, 9.17) is 9.47 Å². The number of nitrogens with one attached hydrogen (secondary N) is 1. The molecule has 0 atom stereocenters. The molecule has 148 valence electrons. The van der Waals surface area contributed by atoms with Gasteiger partial charge in [-0.05, 0) is 37.1 Å². The summed E-state index contributed by atoms with van der Waals surface area (Å²) in [5, 5.41) is 2.94. The maximum Gasteiger partial charge on any atom is 0.238 e. The first kappa shape index (κ1) is 19.5. The third-order valence-corrected chi connectivity index (χ3v) is 5.60. The first-order chi connectivity index (χ1) is 13.0. The zero-order chi connectivity index (χ0) is 19.4. The number of piperazine rings is 1. The van der Waals surface area contributed by atoms with Crippen LogP contribution in [-0.2, 0) is 16.1 Å². The van der Waals surface area contributed by atoms with Crippen molar-refractivity contribution in [3.05, 3.63) is 23.8 Å². The van der Waals surface area contributed by atoms with Crippen molar-refractivity contribution >= 4 is 11.8 Å². The summed E-state index contributed by atoms with van der Waals surface area (Å²) in [5.41, 5.74) is 0.0473. The maximum atomic E-state index is 12.9. The minimum absolute atomic E-state index is 0.0111. The van der Waals surface area contributed by atoms with Gasteiger partial charge in [0.1, 0.15) is 5.41 Å². The number of ether oxygens (including phenoxy) is 2. The number of amides is 2. The zero-order valence-electron chi connectivity index (χ0n) is 16.4. The van der Waals surface area contributed by atoms with E-state index in [-0.39, 0.29) is 11.8 Å². The molecule has 3 rings (SSSR count). The molecule has 1 N–H and O–H groups in total. The van der Waals surface area contributed by atoms with Crippen molar-refractivity contribution in [2.24, 2.45) is 5.41 Å². The van der Waals surface area contributed by atoms with Gasteiger partial charge in [0.05, 0.1) is 14.2 Å². The van der Waals surface area contributed by atoms with E-state index in [9.17, 15) is 9.59 Å². The average molecular weight is 375 g/mol. The van der Waals surface area contributed by atoms with E-state index in [1.165, 1.54) is 0 Å². The van der Waals surface area contributed by atoms with Gasteiger partial charge in [0, 0.05) is 32.7 Å². The van der Waals surface area contributed by atoms with Crippen molar-refractivity contribution in [2.75, 3.05) is 46.9 Å². The lowest BCUT2D eigenvalue weighted by molar-refractivity contribution is -0.145. The Labute approximate surface area is 160 Å². The number of carbonyl (C=O) groups is 2. The van der Waals surface area contributed by atoms with Crippen molar-refractivity contribution < 1.29 is 19.1 Å². The second kappa shape index (κ2) is 8.17. The van der Waals surface area contributed by atoms with E-state index < -0.39 is 5.41 Å². The highest BCUT2D eigenvalue weighted by molar-refractivity contribution is 6.07. The molecular weight excluding hydrogens is 346 g/mol. The van der Waals surface area contributed by atoms with Crippen LogP contribution in [0.25, 0.3) is 0 Å². The minimum Gasteiger partial charge on any atom is -0.493 e. The number of likely N-dealkylation sites (N-methyl/N-ethyl adjacent to an activating group) is 1. The molecule has 2 aliphatic rings. The van der Waals surface area contributed by atoms with Crippen LogP contribution in [-0.4, -0.2) is 68.6 Å². The van der Waals surface area contributed by atoms with E-state index in [0.29, 0.717) is 44.0 Å². The second-order valence-corrected chi connectivity index (χ2v) is 7.18. The molecule has 0 unspecified atom stereocenters. The van der Waals surface area contributed by atoms with Gasteiger partial charge in [-0.25, -0.2) is 0 Å². The molecule has 0 radical (unpaired) electrons. The van der Waals surface area contributed by atoms with Crippen LogP contribution in [0.3, 0.4) is 0 Å². The van der Waals surface area contributed by atoms with E-state index in [2.05, 4.69) is 17.1 Å². The highest BCUT2D eigenvalue weighted by Gasteiger charge is 2.58. The van der Waals surface area contributed by atoms with Gasteiger partial charge in [0.2, 0.25) is 11.8 Å². The fraction of sp³-hybridized carbons (Fsp3) is 0.600. The molecule has 1 aliphatic carbocycles. The standard InChI is InChI=1S/C20H29N3O4/c1-4-22-9-11-23(12-10-22)19(25)20(7-8-20)18(24)21-14-15-5-6-16(26-2)17(13-15)27-3/h5-6,13H,4,7-12,14H2,1-3H3,(H,21,24). The summed E-state index contributed by atoms with van der Waals surface area (Å²) < 4.78 is 10.5. The van der Waals surface area contributed by atoms with Gasteiger partial charge in [-0.2, -0.15) is 0 Å². The monoisotopic (exact) mass is 375 g/mol. The molecular formula is C20H29N3O4. The Morgan fingerprint density at radius 2 is 1.74 bits per heavy atom.